The van der Waals surface area contributed by atoms with Crippen molar-refractivity contribution < 1.29 is 9.47 Å². The molecule has 2 atom stereocenters. The molecule has 45 heavy (non-hydrogen) atoms. The lowest BCUT2D eigenvalue weighted by Gasteiger charge is -2.48. The summed E-state index contributed by atoms with van der Waals surface area (Å²) in [5, 5.41) is 16.8. The van der Waals surface area contributed by atoms with Crippen molar-refractivity contribution in [1.29, 1.82) is 5.41 Å². The van der Waals surface area contributed by atoms with E-state index in [1.165, 1.54) is 11.3 Å². The summed E-state index contributed by atoms with van der Waals surface area (Å²) in [4.78, 5) is 12.5. The average Bonchev–Trinajstić information content (AvgIpc) is 3.48. The van der Waals surface area contributed by atoms with Gasteiger partial charge < -0.3 is 19.8 Å². The minimum Gasteiger partial charge on any atom is -0.497 e. The topological polar surface area (TPSA) is 112 Å². The first-order valence-electron chi connectivity index (χ1n) is 15.8. The number of nitrogens with one attached hydrogen (secondary N) is 3. The maximum atomic E-state index is 9.10. The van der Waals surface area contributed by atoms with E-state index in [4.69, 9.17) is 24.9 Å². The summed E-state index contributed by atoms with van der Waals surface area (Å²) in [6, 6.07) is 12.2. The first kappa shape index (κ1) is 34.5. The molecule has 244 valence electrons. The minimum atomic E-state index is -0.421. The molecular formula is C35H51N7O2S. The number of aromatic amines is 1. The Morgan fingerprint density at radius 1 is 1.22 bits per heavy atom. The highest BCUT2D eigenvalue weighted by atomic mass is 32.2. The number of aryl methyl sites for hydroxylation is 1. The van der Waals surface area contributed by atoms with Crippen LogP contribution < -0.4 is 19.1 Å². The number of benzene rings is 2. The van der Waals surface area contributed by atoms with Crippen LogP contribution in [0.2, 0.25) is 0 Å². The second-order valence-corrected chi connectivity index (χ2v) is 14.4. The molecule has 0 bridgehead atoms. The third-order valence-corrected chi connectivity index (χ3v) is 8.95. The normalized spacial score (nSPS) is 17.2. The van der Waals surface area contributed by atoms with E-state index in [-0.39, 0.29) is 11.5 Å². The van der Waals surface area contributed by atoms with E-state index in [2.05, 4.69) is 66.6 Å². The minimum absolute atomic E-state index is 0.000469. The third-order valence-electron chi connectivity index (χ3n) is 8.49. The van der Waals surface area contributed by atoms with E-state index < -0.39 is 5.41 Å². The molecule has 0 aliphatic carbocycles. The van der Waals surface area contributed by atoms with Crippen LogP contribution in [0, 0.1) is 17.7 Å². The Morgan fingerprint density at radius 2 is 1.91 bits per heavy atom. The fourth-order valence-electron chi connectivity index (χ4n) is 5.85. The molecule has 10 heteroatoms. The highest BCUT2D eigenvalue weighted by Crippen LogP contribution is 2.46. The second kappa shape index (κ2) is 14.4. The molecule has 3 aromatic rings. The largest absolute Gasteiger partial charge is 0.497 e. The predicted octanol–water partition coefficient (Wildman–Crippen LogP) is 7.84. The van der Waals surface area contributed by atoms with Gasteiger partial charge in [0.2, 0.25) is 5.82 Å². The quantitative estimate of drug-likeness (QED) is 0.0999. The highest BCUT2D eigenvalue weighted by Gasteiger charge is 2.37. The average molecular weight is 634 g/mol. The summed E-state index contributed by atoms with van der Waals surface area (Å²) in [5.74, 6) is 3.43. The van der Waals surface area contributed by atoms with Gasteiger partial charge in [-0.2, -0.15) is 5.10 Å². The molecule has 1 aromatic heterocycles. The number of aliphatic imine (C=N–C) groups is 1. The number of rotatable bonds is 13. The number of anilines is 1. The van der Waals surface area contributed by atoms with Gasteiger partial charge in [0.1, 0.15) is 23.0 Å². The monoisotopic (exact) mass is 633 g/mol. The van der Waals surface area contributed by atoms with Crippen LogP contribution in [-0.2, 0) is 0 Å². The van der Waals surface area contributed by atoms with Gasteiger partial charge >= 0.3 is 0 Å². The number of ether oxygens (including phenoxy) is 2. The molecule has 0 saturated heterocycles. The van der Waals surface area contributed by atoms with Crippen molar-refractivity contribution in [2.24, 2.45) is 10.4 Å². The van der Waals surface area contributed by atoms with Crippen molar-refractivity contribution in [2.45, 2.75) is 85.6 Å². The lowest BCUT2D eigenvalue weighted by Crippen LogP contribution is -2.49. The van der Waals surface area contributed by atoms with Crippen LogP contribution in [0.4, 0.5) is 11.4 Å². The van der Waals surface area contributed by atoms with E-state index >= 15 is 0 Å². The number of fused-ring (bicyclic) bond motifs is 1. The van der Waals surface area contributed by atoms with Gasteiger partial charge in [0.05, 0.1) is 25.1 Å². The van der Waals surface area contributed by atoms with Crippen molar-refractivity contribution >= 4 is 34.7 Å². The van der Waals surface area contributed by atoms with Gasteiger partial charge in [-0.15, -0.1) is 0 Å². The molecule has 4 rings (SSSR count). The Balaban J connectivity index is 1.63. The summed E-state index contributed by atoms with van der Waals surface area (Å²) < 4.78 is 14.6. The van der Waals surface area contributed by atoms with Crippen LogP contribution >= 0.6 is 11.9 Å². The van der Waals surface area contributed by atoms with Gasteiger partial charge in [-0.1, -0.05) is 46.6 Å². The Morgan fingerprint density at radius 3 is 2.56 bits per heavy atom. The summed E-state index contributed by atoms with van der Waals surface area (Å²) in [6.45, 7) is 19.5. The summed E-state index contributed by atoms with van der Waals surface area (Å²) in [6.07, 6.45) is 3.93. The van der Waals surface area contributed by atoms with E-state index in [1.54, 1.807) is 19.1 Å². The summed E-state index contributed by atoms with van der Waals surface area (Å²) >= 11 is 1.58. The Labute approximate surface area is 273 Å². The van der Waals surface area contributed by atoms with Crippen molar-refractivity contribution in [2.75, 3.05) is 38.0 Å². The number of methoxy groups -OCH3 is 1. The number of aromatic nitrogens is 3. The van der Waals surface area contributed by atoms with Crippen LogP contribution in [0.25, 0.3) is 0 Å². The first-order chi connectivity index (χ1) is 21.2. The van der Waals surface area contributed by atoms with Crippen LogP contribution in [0.1, 0.15) is 95.9 Å². The van der Waals surface area contributed by atoms with Gasteiger partial charge in [-0.25, -0.2) is 9.98 Å². The van der Waals surface area contributed by atoms with Crippen LogP contribution in [0.5, 0.6) is 11.5 Å². The van der Waals surface area contributed by atoms with Gasteiger partial charge in [-0.05, 0) is 93.3 Å². The molecule has 0 radical (unpaired) electrons. The van der Waals surface area contributed by atoms with E-state index in [0.717, 1.165) is 54.5 Å². The molecule has 3 N–H and O–H groups in total. The molecule has 2 unspecified atom stereocenters. The standard InChI is InChI=1S/C35H51N7O2S/c1-22-18-29-27(23(2)20-35(7,8)42(29)16-11-17-44-26-14-12-25(43-9)13-15-26)19-28(22)38-30(31(36)34(4,5)6)33-39-32(40-41-33)24(3)21-37-45-10/h12-15,18-19,23-24,36-37H,11,16-17,20-21H2,1-10H3,(H,39,40,41). The molecule has 1 aliphatic rings. The lowest BCUT2D eigenvalue weighted by atomic mass is 9.79. The number of hydrogen-bond acceptors (Lipinski definition) is 9. The molecule has 1 aliphatic heterocycles. The maximum Gasteiger partial charge on any atom is 0.201 e. The molecule has 0 saturated carbocycles. The van der Waals surface area contributed by atoms with Crippen LogP contribution in [-0.4, -0.2) is 65.2 Å². The second-order valence-electron chi connectivity index (χ2n) is 13.7. The zero-order valence-electron chi connectivity index (χ0n) is 28.7. The molecule has 0 fully saturated rings. The number of hydrogen-bond donors (Lipinski definition) is 3. The molecule has 0 amide bonds. The molecule has 9 nitrogen and oxygen atoms in total. The van der Waals surface area contributed by atoms with Crippen molar-refractivity contribution in [3.05, 3.63) is 59.2 Å². The molecule has 2 aromatic carbocycles. The third kappa shape index (κ3) is 8.27. The predicted molar refractivity (Wildman–Crippen MR) is 188 cm³/mol. The Kier molecular flexibility index (Phi) is 11.0. The maximum absolute atomic E-state index is 9.10. The highest BCUT2D eigenvalue weighted by molar-refractivity contribution is 7.96. The lowest BCUT2D eigenvalue weighted by molar-refractivity contribution is 0.299. The van der Waals surface area contributed by atoms with Crippen molar-refractivity contribution in [3.63, 3.8) is 0 Å². The smallest absolute Gasteiger partial charge is 0.201 e. The zero-order valence-corrected chi connectivity index (χ0v) is 29.5. The fraction of sp³-hybridized carbons (Fsp3) is 0.543. The van der Waals surface area contributed by atoms with Gasteiger partial charge in [0.25, 0.3) is 0 Å². The van der Waals surface area contributed by atoms with Crippen LogP contribution in [0.3, 0.4) is 0 Å². The van der Waals surface area contributed by atoms with Gasteiger partial charge in [0, 0.05) is 35.6 Å². The summed E-state index contributed by atoms with van der Waals surface area (Å²) in [7, 11) is 1.67. The van der Waals surface area contributed by atoms with Crippen LogP contribution in [0.15, 0.2) is 41.4 Å². The molecule has 2 heterocycles. The first-order valence-corrected chi connectivity index (χ1v) is 17.0. The molecule has 0 spiro atoms. The van der Waals surface area contributed by atoms with Crippen molar-refractivity contribution in [1.82, 2.24) is 19.9 Å². The summed E-state index contributed by atoms with van der Waals surface area (Å²) in [5.41, 5.74) is 4.95. The molecular weight excluding hydrogens is 582 g/mol. The Hall–Kier alpha value is -3.37. The number of nitrogens with zero attached hydrogens (tertiary/aromatic N) is 4. The Bertz CT molecular complexity index is 1490. The van der Waals surface area contributed by atoms with E-state index in [1.807, 2.05) is 51.3 Å². The zero-order chi connectivity index (χ0) is 32.9. The van der Waals surface area contributed by atoms with E-state index in [0.29, 0.717) is 29.8 Å². The van der Waals surface area contributed by atoms with Gasteiger partial charge in [-0.3, -0.25) is 9.82 Å². The SMILES string of the molecule is COc1ccc(OCCCN2c3cc(C)c(N=C(C(=N)C(C)(C)C)c4n[nH]c(C(C)CNSC)n4)cc3C(C)CC2(C)C)cc1. The van der Waals surface area contributed by atoms with Gasteiger partial charge in [0.15, 0.2) is 0 Å². The van der Waals surface area contributed by atoms with E-state index in [9.17, 15) is 0 Å². The number of H-pyrrole nitrogens is 1. The van der Waals surface area contributed by atoms with Crippen molar-refractivity contribution in [3.8, 4) is 11.5 Å². The fourth-order valence-corrected chi connectivity index (χ4v) is 6.27.